The molecule has 0 saturated heterocycles. The Hall–Kier alpha value is -3.09. The van der Waals surface area contributed by atoms with Crippen LogP contribution < -0.4 is 10.9 Å². The van der Waals surface area contributed by atoms with E-state index >= 15 is 0 Å². The summed E-state index contributed by atoms with van der Waals surface area (Å²) >= 11 is 7.67. The highest BCUT2D eigenvalue weighted by atomic mass is 35.5. The van der Waals surface area contributed by atoms with Gasteiger partial charge in [-0.2, -0.15) is 0 Å². The van der Waals surface area contributed by atoms with E-state index in [1.54, 1.807) is 34.9 Å². The zero-order chi connectivity index (χ0) is 23.4. The zero-order valence-electron chi connectivity index (χ0n) is 18.4. The van der Waals surface area contributed by atoms with Crippen LogP contribution in [0.4, 0.5) is 0 Å². The number of benzene rings is 3. The Bertz CT molecular complexity index is 1340. The lowest BCUT2D eigenvalue weighted by atomic mass is 10.1. The number of aromatic nitrogens is 2. The van der Waals surface area contributed by atoms with E-state index in [4.69, 9.17) is 16.6 Å². The molecule has 33 heavy (non-hydrogen) atoms. The second-order valence-electron chi connectivity index (χ2n) is 8.05. The molecule has 3 aromatic carbocycles. The van der Waals surface area contributed by atoms with Gasteiger partial charge in [-0.1, -0.05) is 65.8 Å². The lowest BCUT2D eigenvalue weighted by Crippen LogP contribution is -2.30. The van der Waals surface area contributed by atoms with Crippen molar-refractivity contribution < 1.29 is 4.79 Å². The van der Waals surface area contributed by atoms with Gasteiger partial charge >= 0.3 is 0 Å². The van der Waals surface area contributed by atoms with Crippen LogP contribution in [0.5, 0.6) is 0 Å². The molecule has 0 spiro atoms. The maximum Gasteiger partial charge on any atom is 0.262 e. The normalized spacial score (nSPS) is 11.2. The molecule has 0 aliphatic carbocycles. The second-order valence-corrected chi connectivity index (χ2v) is 9.43. The van der Waals surface area contributed by atoms with Gasteiger partial charge in [-0.15, -0.1) is 0 Å². The van der Waals surface area contributed by atoms with Gasteiger partial charge in [0.05, 0.1) is 17.4 Å². The number of nitrogens with one attached hydrogen (secondary N) is 1. The standard InChI is InChI=1S/C26H24ClN3O2S/c1-17(2)28-24(31)20-10-8-18(9-11-20)15-30-25(32)22-14-21(27)12-13-23(22)29-26(30)33-16-19-6-4-3-5-7-19/h3-14,17H,15-16H2,1-2H3,(H,28,31). The van der Waals surface area contributed by atoms with E-state index in [0.29, 0.717) is 38.9 Å². The molecule has 1 aromatic heterocycles. The van der Waals surface area contributed by atoms with Crippen LogP contribution in [0, 0.1) is 0 Å². The molecular formula is C26H24ClN3O2S. The molecule has 1 heterocycles. The maximum atomic E-state index is 13.4. The Kier molecular flexibility index (Phi) is 7.16. The van der Waals surface area contributed by atoms with Gasteiger partial charge in [-0.25, -0.2) is 4.98 Å². The maximum absolute atomic E-state index is 13.4. The Labute approximate surface area is 201 Å². The van der Waals surface area contributed by atoms with Gasteiger partial charge in [0.15, 0.2) is 5.16 Å². The molecule has 1 N–H and O–H groups in total. The minimum atomic E-state index is -0.139. The fourth-order valence-electron chi connectivity index (χ4n) is 3.43. The lowest BCUT2D eigenvalue weighted by Gasteiger charge is -2.14. The van der Waals surface area contributed by atoms with Crippen molar-refractivity contribution >= 4 is 40.2 Å². The molecule has 0 saturated carbocycles. The largest absolute Gasteiger partial charge is 0.350 e. The molecule has 4 rings (SSSR count). The number of rotatable bonds is 7. The predicted molar refractivity (Wildman–Crippen MR) is 135 cm³/mol. The van der Waals surface area contributed by atoms with Crippen molar-refractivity contribution in [3.63, 3.8) is 0 Å². The summed E-state index contributed by atoms with van der Waals surface area (Å²) < 4.78 is 1.68. The van der Waals surface area contributed by atoms with Crippen molar-refractivity contribution in [2.45, 2.75) is 37.3 Å². The first-order chi connectivity index (χ1) is 15.9. The van der Waals surface area contributed by atoms with Gasteiger partial charge in [0.1, 0.15) is 0 Å². The quantitative estimate of drug-likeness (QED) is 0.281. The number of hydrogen-bond acceptors (Lipinski definition) is 4. The fourth-order valence-corrected chi connectivity index (χ4v) is 4.56. The molecule has 0 radical (unpaired) electrons. The van der Waals surface area contributed by atoms with Crippen molar-refractivity contribution in [2.24, 2.45) is 0 Å². The third-order valence-corrected chi connectivity index (χ3v) is 6.35. The SMILES string of the molecule is CC(C)NC(=O)c1ccc(Cn2c(SCc3ccccc3)nc3ccc(Cl)cc3c2=O)cc1. The minimum Gasteiger partial charge on any atom is -0.350 e. The summed E-state index contributed by atoms with van der Waals surface area (Å²) in [5, 5.41) is 4.51. The van der Waals surface area contributed by atoms with Gasteiger partial charge in [-0.3, -0.25) is 14.2 Å². The molecule has 5 nitrogen and oxygen atoms in total. The second kappa shape index (κ2) is 10.2. The molecule has 168 valence electrons. The van der Waals surface area contributed by atoms with Crippen molar-refractivity contribution in [3.8, 4) is 0 Å². The topological polar surface area (TPSA) is 64.0 Å². The van der Waals surface area contributed by atoms with E-state index in [9.17, 15) is 9.59 Å². The highest BCUT2D eigenvalue weighted by Crippen LogP contribution is 2.24. The molecule has 0 fully saturated rings. The van der Waals surface area contributed by atoms with E-state index < -0.39 is 0 Å². The van der Waals surface area contributed by atoms with Crippen molar-refractivity contribution in [1.29, 1.82) is 0 Å². The summed E-state index contributed by atoms with van der Waals surface area (Å²) in [6.07, 6.45) is 0. The molecule has 0 aliphatic rings. The van der Waals surface area contributed by atoms with E-state index in [-0.39, 0.29) is 17.5 Å². The molecular weight excluding hydrogens is 454 g/mol. The minimum absolute atomic E-state index is 0.0652. The average molecular weight is 478 g/mol. The van der Waals surface area contributed by atoms with Crippen LogP contribution in [-0.4, -0.2) is 21.5 Å². The average Bonchev–Trinajstić information content (AvgIpc) is 2.81. The van der Waals surface area contributed by atoms with Crippen molar-refractivity contribution in [2.75, 3.05) is 0 Å². The van der Waals surface area contributed by atoms with E-state index in [0.717, 1.165) is 11.1 Å². The highest BCUT2D eigenvalue weighted by Gasteiger charge is 2.14. The monoisotopic (exact) mass is 477 g/mol. The Morgan fingerprint density at radius 2 is 1.76 bits per heavy atom. The number of amides is 1. The van der Waals surface area contributed by atoms with Crippen molar-refractivity contribution in [3.05, 3.63) is 105 Å². The van der Waals surface area contributed by atoms with Gasteiger partial charge < -0.3 is 5.32 Å². The van der Waals surface area contributed by atoms with Gasteiger partial charge in [0.25, 0.3) is 11.5 Å². The summed E-state index contributed by atoms with van der Waals surface area (Å²) in [5.41, 5.74) is 3.13. The number of thioether (sulfide) groups is 1. The summed E-state index contributed by atoms with van der Waals surface area (Å²) in [6, 6.07) is 22.6. The van der Waals surface area contributed by atoms with Gasteiger partial charge in [0, 0.05) is 22.4 Å². The molecule has 4 aromatic rings. The van der Waals surface area contributed by atoms with E-state index in [2.05, 4.69) is 17.4 Å². The summed E-state index contributed by atoms with van der Waals surface area (Å²) in [4.78, 5) is 30.4. The van der Waals surface area contributed by atoms with E-state index in [1.807, 2.05) is 44.2 Å². The molecule has 0 aliphatic heterocycles. The van der Waals surface area contributed by atoms with Crippen LogP contribution in [0.15, 0.2) is 82.7 Å². The van der Waals surface area contributed by atoms with Gasteiger partial charge in [0.2, 0.25) is 0 Å². The number of halogens is 1. The Morgan fingerprint density at radius 1 is 1.03 bits per heavy atom. The van der Waals surface area contributed by atoms with Crippen LogP contribution in [-0.2, 0) is 12.3 Å². The smallest absolute Gasteiger partial charge is 0.262 e. The Morgan fingerprint density at radius 3 is 2.45 bits per heavy atom. The molecule has 0 bridgehead atoms. The van der Waals surface area contributed by atoms with Crippen LogP contribution >= 0.6 is 23.4 Å². The number of hydrogen-bond donors (Lipinski definition) is 1. The van der Waals surface area contributed by atoms with Crippen LogP contribution in [0.3, 0.4) is 0 Å². The summed E-state index contributed by atoms with van der Waals surface area (Å²) in [7, 11) is 0. The lowest BCUT2D eigenvalue weighted by molar-refractivity contribution is 0.0943. The predicted octanol–water partition coefficient (Wildman–Crippen LogP) is 5.53. The number of carbonyl (C=O) groups is 1. The molecule has 0 atom stereocenters. The first-order valence-corrected chi connectivity index (χ1v) is 12.0. The third-order valence-electron chi connectivity index (χ3n) is 5.07. The number of fused-ring (bicyclic) bond motifs is 1. The summed E-state index contributed by atoms with van der Waals surface area (Å²) in [6.45, 7) is 4.19. The van der Waals surface area contributed by atoms with Crippen LogP contribution in [0.25, 0.3) is 10.9 Å². The van der Waals surface area contributed by atoms with Crippen molar-refractivity contribution in [1.82, 2.24) is 14.9 Å². The van der Waals surface area contributed by atoms with Gasteiger partial charge in [-0.05, 0) is 55.3 Å². The van der Waals surface area contributed by atoms with Crippen LogP contribution in [0.2, 0.25) is 5.02 Å². The number of nitrogens with zero attached hydrogens (tertiary/aromatic N) is 2. The Balaban J connectivity index is 1.67. The first-order valence-electron chi connectivity index (χ1n) is 10.7. The molecule has 7 heteroatoms. The van der Waals surface area contributed by atoms with Crippen LogP contribution in [0.1, 0.15) is 35.3 Å². The first kappa shape index (κ1) is 23.1. The third kappa shape index (κ3) is 5.64. The molecule has 1 amide bonds. The molecule has 0 unspecified atom stereocenters. The summed E-state index contributed by atoms with van der Waals surface area (Å²) in [5.74, 6) is 0.579. The zero-order valence-corrected chi connectivity index (χ0v) is 20.0. The fraction of sp³-hybridized carbons (Fsp3) is 0.192. The number of carbonyl (C=O) groups excluding carboxylic acids is 1. The highest BCUT2D eigenvalue weighted by molar-refractivity contribution is 7.98. The van der Waals surface area contributed by atoms with E-state index in [1.165, 1.54) is 11.8 Å².